The number of imide groups is 1. The standard InChI is InChI=1S/C17H16N8O3/c1-24-8-7-18-14(24)17(15(27)21-16(28)22-17)10-19-13(26)12-9-20-25(23-12)11-5-3-2-4-6-11/h2-9H,10H2,1H3,(H,19,26)(H2,21,22,27,28). The van der Waals surface area contributed by atoms with E-state index >= 15 is 0 Å². The lowest BCUT2D eigenvalue weighted by molar-refractivity contribution is -0.124. The lowest BCUT2D eigenvalue weighted by atomic mass is 9.98. The van der Waals surface area contributed by atoms with Gasteiger partial charge in [0.2, 0.25) is 0 Å². The van der Waals surface area contributed by atoms with Crippen LogP contribution in [0.15, 0.2) is 48.9 Å². The molecule has 4 rings (SSSR count). The van der Waals surface area contributed by atoms with Crippen LogP contribution in [0.25, 0.3) is 5.69 Å². The van der Waals surface area contributed by atoms with Gasteiger partial charge in [0.1, 0.15) is 5.82 Å². The molecule has 0 aliphatic carbocycles. The molecule has 11 nitrogen and oxygen atoms in total. The number of carbonyl (C=O) groups excluding carboxylic acids is 3. The fraction of sp³-hybridized carbons (Fsp3) is 0.176. The number of imidazole rings is 1. The van der Waals surface area contributed by atoms with Gasteiger partial charge in [0.05, 0.1) is 18.4 Å². The predicted octanol–water partition coefficient (Wildman–Crippen LogP) is -0.535. The Bertz CT molecular complexity index is 1060. The molecule has 4 amide bonds. The normalized spacial score (nSPS) is 18.6. The van der Waals surface area contributed by atoms with Gasteiger partial charge in [0.25, 0.3) is 11.8 Å². The SMILES string of the molecule is Cn1ccnc1C1(CNC(=O)c2cnn(-c3ccccc3)n2)NC(=O)NC1=O. The van der Waals surface area contributed by atoms with E-state index < -0.39 is 23.4 Å². The Morgan fingerprint density at radius 1 is 1.25 bits per heavy atom. The minimum Gasteiger partial charge on any atom is -0.347 e. The zero-order valence-electron chi connectivity index (χ0n) is 14.8. The third-order valence-corrected chi connectivity index (χ3v) is 4.37. The van der Waals surface area contributed by atoms with Crippen LogP contribution in [0.2, 0.25) is 0 Å². The average Bonchev–Trinajstić information content (AvgIpc) is 3.40. The smallest absolute Gasteiger partial charge is 0.322 e. The molecule has 0 saturated carbocycles. The number of benzene rings is 1. The number of rotatable bonds is 5. The third-order valence-electron chi connectivity index (χ3n) is 4.37. The van der Waals surface area contributed by atoms with Gasteiger partial charge in [-0.05, 0) is 12.1 Å². The highest BCUT2D eigenvalue weighted by Crippen LogP contribution is 2.22. The summed E-state index contributed by atoms with van der Waals surface area (Å²) in [7, 11) is 1.69. The van der Waals surface area contributed by atoms with E-state index in [4.69, 9.17) is 0 Å². The molecule has 0 radical (unpaired) electrons. The number of amides is 4. The number of hydrogen-bond acceptors (Lipinski definition) is 6. The van der Waals surface area contributed by atoms with Crippen LogP contribution in [0, 0.1) is 0 Å². The summed E-state index contributed by atoms with van der Waals surface area (Å²) in [6.07, 6.45) is 4.47. The van der Waals surface area contributed by atoms with Crippen molar-refractivity contribution in [2.75, 3.05) is 6.54 Å². The van der Waals surface area contributed by atoms with E-state index in [0.717, 1.165) is 0 Å². The highest BCUT2D eigenvalue weighted by molar-refractivity contribution is 6.07. The van der Waals surface area contributed by atoms with Crippen molar-refractivity contribution in [3.63, 3.8) is 0 Å². The summed E-state index contributed by atoms with van der Waals surface area (Å²) in [4.78, 5) is 42.2. The zero-order valence-corrected chi connectivity index (χ0v) is 14.8. The molecular formula is C17H16N8O3. The van der Waals surface area contributed by atoms with Gasteiger partial charge >= 0.3 is 6.03 Å². The maximum atomic E-state index is 12.5. The van der Waals surface area contributed by atoms with Gasteiger partial charge in [-0.25, -0.2) is 9.78 Å². The highest BCUT2D eigenvalue weighted by Gasteiger charge is 2.50. The Hall–Kier alpha value is -4.02. The van der Waals surface area contributed by atoms with Crippen molar-refractivity contribution in [2.24, 2.45) is 7.05 Å². The van der Waals surface area contributed by atoms with Gasteiger partial charge in [-0.15, -0.1) is 5.10 Å². The molecule has 0 spiro atoms. The van der Waals surface area contributed by atoms with Crippen LogP contribution in [-0.2, 0) is 17.4 Å². The molecule has 1 aliphatic rings. The molecule has 11 heteroatoms. The first kappa shape index (κ1) is 17.4. The summed E-state index contributed by atoms with van der Waals surface area (Å²) in [5.74, 6) is -0.839. The van der Waals surface area contributed by atoms with Crippen molar-refractivity contribution >= 4 is 17.8 Å². The fourth-order valence-corrected chi connectivity index (χ4v) is 2.99. The number of nitrogens with one attached hydrogen (secondary N) is 3. The van der Waals surface area contributed by atoms with Crippen molar-refractivity contribution in [2.45, 2.75) is 5.54 Å². The molecule has 1 saturated heterocycles. The molecule has 1 unspecified atom stereocenters. The van der Waals surface area contributed by atoms with E-state index in [1.165, 1.54) is 17.2 Å². The summed E-state index contributed by atoms with van der Waals surface area (Å²) in [5.41, 5.74) is -0.738. The number of nitrogens with zero attached hydrogens (tertiary/aromatic N) is 5. The molecule has 0 bridgehead atoms. The predicted molar refractivity (Wildman–Crippen MR) is 95.3 cm³/mol. The van der Waals surface area contributed by atoms with Crippen LogP contribution in [0.3, 0.4) is 0 Å². The molecule has 142 valence electrons. The Kier molecular flexibility index (Phi) is 4.11. The van der Waals surface area contributed by atoms with Crippen molar-refractivity contribution < 1.29 is 14.4 Å². The van der Waals surface area contributed by atoms with E-state index in [-0.39, 0.29) is 12.2 Å². The highest BCUT2D eigenvalue weighted by atomic mass is 16.2. The number of carbonyl (C=O) groups is 3. The quantitative estimate of drug-likeness (QED) is 0.509. The fourth-order valence-electron chi connectivity index (χ4n) is 2.99. The molecule has 1 aliphatic heterocycles. The Morgan fingerprint density at radius 3 is 2.68 bits per heavy atom. The second kappa shape index (κ2) is 6.61. The van der Waals surface area contributed by atoms with E-state index in [1.807, 2.05) is 18.2 Å². The summed E-state index contributed by atoms with van der Waals surface area (Å²) < 4.78 is 1.60. The topological polar surface area (TPSA) is 136 Å². The molecule has 2 aromatic heterocycles. The molecule has 3 heterocycles. The largest absolute Gasteiger partial charge is 0.347 e. The van der Waals surface area contributed by atoms with Crippen LogP contribution >= 0.6 is 0 Å². The Balaban J connectivity index is 1.55. The molecule has 1 aromatic carbocycles. The van der Waals surface area contributed by atoms with Gasteiger partial charge in [-0.3, -0.25) is 14.9 Å². The van der Waals surface area contributed by atoms with Crippen molar-refractivity contribution in [3.8, 4) is 5.69 Å². The number of urea groups is 1. The van der Waals surface area contributed by atoms with E-state index in [1.54, 1.807) is 29.9 Å². The van der Waals surface area contributed by atoms with Gasteiger partial charge in [0, 0.05) is 19.4 Å². The first-order chi connectivity index (χ1) is 13.5. The number of aromatic nitrogens is 5. The van der Waals surface area contributed by atoms with E-state index in [0.29, 0.717) is 11.5 Å². The molecule has 1 atom stereocenters. The first-order valence-corrected chi connectivity index (χ1v) is 8.37. The molecule has 28 heavy (non-hydrogen) atoms. The number of hydrogen-bond donors (Lipinski definition) is 3. The monoisotopic (exact) mass is 380 g/mol. The number of aryl methyl sites for hydroxylation is 1. The summed E-state index contributed by atoms with van der Waals surface area (Å²) in [5, 5.41) is 15.6. The van der Waals surface area contributed by atoms with Crippen LogP contribution in [0.5, 0.6) is 0 Å². The molecule has 3 N–H and O–H groups in total. The van der Waals surface area contributed by atoms with Crippen LogP contribution in [0.1, 0.15) is 16.3 Å². The van der Waals surface area contributed by atoms with Crippen molar-refractivity contribution in [1.29, 1.82) is 0 Å². The lowest BCUT2D eigenvalue weighted by Crippen LogP contribution is -2.54. The van der Waals surface area contributed by atoms with Crippen molar-refractivity contribution in [3.05, 3.63) is 60.4 Å². The Morgan fingerprint density at radius 2 is 2.04 bits per heavy atom. The summed E-state index contributed by atoms with van der Waals surface area (Å²) in [6, 6.07) is 8.47. The van der Waals surface area contributed by atoms with Gasteiger partial charge < -0.3 is 15.2 Å². The first-order valence-electron chi connectivity index (χ1n) is 8.37. The van der Waals surface area contributed by atoms with Gasteiger partial charge in [0.15, 0.2) is 11.2 Å². The van der Waals surface area contributed by atoms with Crippen LogP contribution in [0.4, 0.5) is 4.79 Å². The molecule has 1 fully saturated rings. The lowest BCUT2D eigenvalue weighted by Gasteiger charge is -2.25. The van der Waals surface area contributed by atoms with Crippen LogP contribution < -0.4 is 16.0 Å². The maximum absolute atomic E-state index is 12.5. The van der Waals surface area contributed by atoms with Gasteiger partial charge in [-0.1, -0.05) is 18.2 Å². The average molecular weight is 380 g/mol. The second-order valence-electron chi connectivity index (χ2n) is 6.21. The van der Waals surface area contributed by atoms with Crippen LogP contribution in [-0.4, -0.2) is 48.9 Å². The number of para-hydroxylation sites is 1. The van der Waals surface area contributed by atoms with Crippen molar-refractivity contribution in [1.82, 2.24) is 40.5 Å². The molecule has 3 aromatic rings. The Labute approximate surface area is 158 Å². The minimum absolute atomic E-state index is 0.0728. The van der Waals surface area contributed by atoms with Gasteiger partial charge in [-0.2, -0.15) is 9.90 Å². The summed E-state index contributed by atoms with van der Waals surface area (Å²) in [6.45, 7) is -0.202. The van der Waals surface area contributed by atoms with E-state index in [9.17, 15) is 14.4 Å². The second-order valence-corrected chi connectivity index (χ2v) is 6.21. The molecular weight excluding hydrogens is 364 g/mol. The summed E-state index contributed by atoms with van der Waals surface area (Å²) >= 11 is 0. The zero-order chi connectivity index (χ0) is 19.7. The van der Waals surface area contributed by atoms with E-state index in [2.05, 4.69) is 31.1 Å². The third kappa shape index (κ3) is 2.88. The maximum Gasteiger partial charge on any atom is 0.322 e. The minimum atomic E-state index is -1.51.